The lowest BCUT2D eigenvalue weighted by Crippen LogP contribution is -2.15. The van der Waals surface area contributed by atoms with Crippen LogP contribution in [0.3, 0.4) is 0 Å². The molecule has 1 heterocycles. The van der Waals surface area contributed by atoms with Crippen molar-refractivity contribution in [3.05, 3.63) is 48.1 Å². The maximum absolute atomic E-state index is 13.8. The fourth-order valence-corrected chi connectivity index (χ4v) is 1.76. The Bertz CT molecular complexity index is 517. The molecule has 0 spiro atoms. The Kier molecular flexibility index (Phi) is 4.57. The van der Waals surface area contributed by atoms with Gasteiger partial charge in [0.05, 0.1) is 6.54 Å². The molecule has 0 aliphatic rings. The molecular formula is C13H15F2N3O. The van der Waals surface area contributed by atoms with E-state index in [9.17, 15) is 8.78 Å². The summed E-state index contributed by atoms with van der Waals surface area (Å²) in [6.07, 6.45) is 3.24. The van der Waals surface area contributed by atoms with Crippen molar-refractivity contribution in [2.75, 3.05) is 6.61 Å². The molecule has 0 saturated carbocycles. The van der Waals surface area contributed by atoms with E-state index < -0.39 is 17.7 Å². The lowest BCUT2D eigenvalue weighted by atomic mass is 10.1. The van der Waals surface area contributed by atoms with E-state index >= 15 is 0 Å². The fourth-order valence-electron chi connectivity index (χ4n) is 1.76. The van der Waals surface area contributed by atoms with Crippen LogP contribution in [-0.4, -0.2) is 21.4 Å². The second-order valence-corrected chi connectivity index (χ2v) is 4.14. The number of nitrogens with zero attached hydrogens (tertiary/aromatic N) is 3. The fraction of sp³-hybridized carbons (Fsp3) is 0.385. The summed E-state index contributed by atoms with van der Waals surface area (Å²) < 4.78 is 33.9. The van der Waals surface area contributed by atoms with Crippen molar-refractivity contribution in [2.24, 2.45) is 0 Å². The number of hydrogen-bond acceptors (Lipinski definition) is 3. The van der Waals surface area contributed by atoms with Gasteiger partial charge in [-0.1, -0.05) is 13.0 Å². The highest BCUT2D eigenvalue weighted by Crippen LogP contribution is 2.23. The van der Waals surface area contributed by atoms with Gasteiger partial charge in [-0.05, 0) is 12.5 Å². The number of hydrogen-bond donors (Lipinski definition) is 0. The minimum atomic E-state index is -0.610. The molecule has 2 rings (SSSR count). The predicted octanol–water partition coefficient (Wildman–Crippen LogP) is 2.72. The molecule has 6 heteroatoms. The van der Waals surface area contributed by atoms with Crippen LogP contribution in [0.25, 0.3) is 0 Å². The van der Waals surface area contributed by atoms with Gasteiger partial charge in [-0.15, -0.1) is 0 Å². The monoisotopic (exact) mass is 267 g/mol. The van der Waals surface area contributed by atoms with E-state index in [1.54, 1.807) is 4.68 Å². The quantitative estimate of drug-likeness (QED) is 0.808. The van der Waals surface area contributed by atoms with Crippen LogP contribution >= 0.6 is 0 Å². The van der Waals surface area contributed by atoms with Crippen LogP contribution in [0.4, 0.5) is 8.78 Å². The summed E-state index contributed by atoms with van der Waals surface area (Å²) >= 11 is 0. The molecular weight excluding hydrogens is 252 g/mol. The topological polar surface area (TPSA) is 39.9 Å². The minimum absolute atomic E-state index is 0.324. The van der Waals surface area contributed by atoms with Crippen LogP contribution in [0.1, 0.15) is 25.0 Å². The Morgan fingerprint density at radius 2 is 2.21 bits per heavy atom. The van der Waals surface area contributed by atoms with Crippen LogP contribution in [-0.2, 0) is 11.3 Å². The van der Waals surface area contributed by atoms with E-state index in [0.29, 0.717) is 18.7 Å². The molecule has 0 bridgehead atoms. The number of halogens is 2. The zero-order chi connectivity index (χ0) is 13.7. The normalized spacial score (nSPS) is 12.6. The molecule has 0 N–H and O–H groups in total. The third kappa shape index (κ3) is 3.57. The second-order valence-electron chi connectivity index (χ2n) is 4.14. The van der Waals surface area contributed by atoms with E-state index in [2.05, 4.69) is 10.1 Å². The van der Waals surface area contributed by atoms with Crippen molar-refractivity contribution in [3.63, 3.8) is 0 Å². The molecule has 0 amide bonds. The molecule has 1 atom stereocenters. The van der Waals surface area contributed by atoms with E-state index in [0.717, 1.165) is 12.5 Å². The van der Waals surface area contributed by atoms with Gasteiger partial charge in [0.25, 0.3) is 0 Å². The third-order valence-corrected chi connectivity index (χ3v) is 2.65. The molecule has 102 valence electrons. The van der Waals surface area contributed by atoms with Gasteiger partial charge in [0.1, 0.15) is 30.4 Å². The molecule has 0 fully saturated rings. The van der Waals surface area contributed by atoms with E-state index in [1.165, 1.54) is 24.8 Å². The summed E-state index contributed by atoms with van der Waals surface area (Å²) in [7, 11) is 0. The number of aromatic nitrogens is 3. The van der Waals surface area contributed by atoms with Gasteiger partial charge in [0.2, 0.25) is 0 Å². The van der Waals surface area contributed by atoms with Crippen molar-refractivity contribution in [1.29, 1.82) is 0 Å². The van der Waals surface area contributed by atoms with Crippen LogP contribution in [0.15, 0.2) is 30.9 Å². The Balaban J connectivity index is 2.20. The first-order valence-electron chi connectivity index (χ1n) is 6.09. The Labute approximate surface area is 110 Å². The number of rotatable bonds is 6. The van der Waals surface area contributed by atoms with Crippen molar-refractivity contribution in [2.45, 2.75) is 26.0 Å². The molecule has 0 saturated heterocycles. The largest absolute Gasteiger partial charge is 0.371 e. The molecule has 0 aliphatic heterocycles. The molecule has 4 nitrogen and oxygen atoms in total. The van der Waals surface area contributed by atoms with Crippen LogP contribution in [0, 0.1) is 11.6 Å². The Hall–Kier alpha value is -1.82. The predicted molar refractivity (Wildman–Crippen MR) is 65.4 cm³/mol. The van der Waals surface area contributed by atoms with Crippen molar-refractivity contribution in [1.82, 2.24) is 14.8 Å². The molecule has 1 unspecified atom stereocenters. The number of ether oxygens (including phenoxy) is 1. The van der Waals surface area contributed by atoms with Crippen LogP contribution in [0.5, 0.6) is 0 Å². The van der Waals surface area contributed by atoms with Gasteiger partial charge in [0, 0.05) is 18.2 Å². The average molecular weight is 267 g/mol. The minimum Gasteiger partial charge on any atom is -0.371 e. The highest BCUT2D eigenvalue weighted by Gasteiger charge is 2.18. The van der Waals surface area contributed by atoms with E-state index in [-0.39, 0.29) is 0 Å². The summed E-state index contributed by atoms with van der Waals surface area (Å²) in [5.41, 5.74) is 0.324. The third-order valence-electron chi connectivity index (χ3n) is 2.65. The first-order chi connectivity index (χ1) is 9.20. The smallest absolute Gasteiger partial charge is 0.137 e. The molecule has 0 aliphatic carbocycles. The van der Waals surface area contributed by atoms with Gasteiger partial charge in [-0.25, -0.2) is 13.8 Å². The second kappa shape index (κ2) is 6.38. The average Bonchev–Trinajstić information content (AvgIpc) is 2.88. The maximum Gasteiger partial charge on any atom is 0.137 e. The SMILES string of the molecule is CCCOC(Cn1cncn1)c1ccc(F)cc1F. The molecule has 19 heavy (non-hydrogen) atoms. The van der Waals surface area contributed by atoms with Crippen LogP contribution in [0.2, 0.25) is 0 Å². The van der Waals surface area contributed by atoms with Gasteiger partial charge in [0.15, 0.2) is 0 Å². The summed E-state index contributed by atoms with van der Waals surface area (Å²) in [5.74, 6) is -1.21. The summed E-state index contributed by atoms with van der Waals surface area (Å²) in [4.78, 5) is 3.83. The zero-order valence-electron chi connectivity index (χ0n) is 10.6. The number of benzene rings is 1. The molecule has 1 aromatic carbocycles. The van der Waals surface area contributed by atoms with Gasteiger partial charge in [-0.3, -0.25) is 4.68 Å². The lowest BCUT2D eigenvalue weighted by molar-refractivity contribution is 0.0360. The van der Waals surface area contributed by atoms with Crippen molar-refractivity contribution < 1.29 is 13.5 Å². The van der Waals surface area contributed by atoms with Gasteiger partial charge >= 0.3 is 0 Å². The van der Waals surface area contributed by atoms with E-state index in [4.69, 9.17) is 4.74 Å². The first-order valence-corrected chi connectivity index (χ1v) is 6.09. The van der Waals surface area contributed by atoms with E-state index in [1.807, 2.05) is 6.92 Å². The first kappa shape index (κ1) is 13.6. The maximum atomic E-state index is 13.8. The van der Waals surface area contributed by atoms with Gasteiger partial charge < -0.3 is 4.74 Å². The highest BCUT2D eigenvalue weighted by atomic mass is 19.1. The molecule has 1 aromatic heterocycles. The molecule has 2 aromatic rings. The highest BCUT2D eigenvalue weighted by molar-refractivity contribution is 5.21. The van der Waals surface area contributed by atoms with Gasteiger partial charge in [-0.2, -0.15) is 5.10 Å². The summed E-state index contributed by atoms with van der Waals surface area (Å²) in [5, 5.41) is 3.97. The lowest BCUT2D eigenvalue weighted by Gasteiger charge is -2.18. The summed E-state index contributed by atoms with van der Waals surface area (Å²) in [6.45, 7) is 2.80. The Morgan fingerprint density at radius 3 is 2.84 bits per heavy atom. The summed E-state index contributed by atoms with van der Waals surface area (Å²) in [6, 6.07) is 3.49. The Morgan fingerprint density at radius 1 is 1.37 bits per heavy atom. The zero-order valence-corrected chi connectivity index (χ0v) is 10.6. The standard InChI is InChI=1S/C13H15F2N3O/c1-2-5-19-13(7-18-9-16-8-17-18)11-4-3-10(14)6-12(11)15/h3-4,6,8-9,13H,2,5,7H2,1H3. The molecule has 0 radical (unpaired) electrons. The van der Waals surface area contributed by atoms with Crippen molar-refractivity contribution >= 4 is 0 Å². The van der Waals surface area contributed by atoms with Crippen molar-refractivity contribution in [3.8, 4) is 0 Å². The van der Waals surface area contributed by atoms with Crippen LogP contribution < -0.4 is 0 Å².